The maximum atomic E-state index is 13.1. The molecule has 1 saturated heterocycles. The third-order valence-electron chi connectivity index (χ3n) is 3.40. The highest BCUT2D eigenvalue weighted by atomic mass is 79.9. The first-order valence-electron chi connectivity index (χ1n) is 6.03. The van der Waals surface area contributed by atoms with Gasteiger partial charge in [0.25, 0.3) is 0 Å². The molecular weight excluding hydrogens is 301 g/mol. The summed E-state index contributed by atoms with van der Waals surface area (Å²) in [6, 6.07) is 4.95. The highest BCUT2D eigenvalue weighted by Gasteiger charge is 2.31. The molecule has 0 spiro atoms. The van der Waals surface area contributed by atoms with Crippen LogP contribution in [0.4, 0.5) is 4.39 Å². The molecule has 1 aromatic carbocycles. The van der Waals surface area contributed by atoms with Crippen LogP contribution >= 0.6 is 15.9 Å². The van der Waals surface area contributed by atoms with E-state index in [1.807, 2.05) is 0 Å². The summed E-state index contributed by atoms with van der Waals surface area (Å²) in [7, 11) is 0. The second kappa shape index (κ2) is 6.10. The molecule has 2 N–H and O–H groups in total. The van der Waals surface area contributed by atoms with Crippen LogP contribution < -0.4 is 5.32 Å². The lowest BCUT2D eigenvalue weighted by Gasteiger charge is -2.36. The number of halogens is 2. The molecule has 100 valence electrons. The predicted octanol–water partition coefficient (Wildman–Crippen LogP) is 2.22. The number of benzene rings is 1. The van der Waals surface area contributed by atoms with Gasteiger partial charge in [-0.25, -0.2) is 4.39 Å². The van der Waals surface area contributed by atoms with E-state index in [1.54, 1.807) is 12.1 Å². The summed E-state index contributed by atoms with van der Waals surface area (Å²) in [5.74, 6) is -0.262. The summed E-state index contributed by atoms with van der Waals surface area (Å²) in [6.07, 6.45) is 1.59. The normalized spacial score (nSPS) is 18.8. The van der Waals surface area contributed by atoms with Crippen molar-refractivity contribution in [2.45, 2.75) is 24.9 Å². The lowest BCUT2D eigenvalue weighted by atomic mass is 9.91. The summed E-state index contributed by atoms with van der Waals surface area (Å²) in [4.78, 5) is 0. The molecule has 0 saturated carbocycles. The third-order valence-corrected chi connectivity index (χ3v) is 4.01. The average molecular weight is 318 g/mol. The van der Waals surface area contributed by atoms with Gasteiger partial charge in [-0.1, -0.05) is 6.07 Å². The summed E-state index contributed by atoms with van der Waals surface area (Å²) in [5.41, 5.74) is 0.724. The molecule has 0 aliphatic carbocycles. The van der Waals surface area contributed by atoms with E-state index in [9.17, 15) is 9.50 Å². The van der Waals surface area contributed by atoms with Crippen LogP contribution in [0.5, 0.6) is 0 Å². The van der Waals surface area contributed by atoms with Crippen molar-refractivity contribution in [3.05, 3.63) is 34.1 Å². The molecule has 2 rings (SSSR count). The average Bonchev–Trinajstić information content (AvgIpc) is 2.41. The Kier molecular flexibility index (Phi) is 4.72. The van der Waals surface area contributed by atoms with Gasteiger partial charge < -0.3 is 15.2 Å². The van der Waals surface area contributed by atoms with Crippen LogP contribution in [-0.2, 0) is 11.3 Å². The van der Waals surface area contributed by atoms with Crippen molar-refractivity contribution < 1.29 is 14.2 Å². The Morgan fingerprint density at radius 1 is 1.39 bits per heavy atom. The van der Waals surface area contributed by atoms with Crippen LogP contribution in [0.2, 0.25) is 0 Å². The van der Waals surface area contributed by atoms with Gasteiger partial charge in [-0.2, -0.15) is 0 Å². The van der Waals surface area contributed by atoms with Gasteiger partial charge in [0.1, 0.15) is 5.82 Å². The highest BCUT2D eigenvalue weighted by molar-refractivity contribution is 9.10. The number of hydrogen-bond acceptors (Lipinski definition) is 3. The largest absolute Gasteiger partial charge is 0.394 e. The number of nitrogens with one attached hydrogen (secondary N) is 1. The fourth-order valence-electron chi connectivity index (χ4n) is 2.09. The van der Waals surface area contributed by atoms with Gasteiger partial charge in [0.05, 0.1) is 11.1 Å². The minimum atomic E-state index is -0.265. The van der Waals surface area contributed by atoms with E-state index in [1.165, 1.54) is 6.07 Å². The molecule has 3 nitrogen and oxygen atoms in total. The van der Waals surface area contributed by atoms with Gasteiger partial charge in [-0.3, -0.25) is 0 Å². The maximum absolute atomic E-state index is 13.1. The first-order chi connectivity index (χ1) is 8.65. The molecular formula is C13H17BrFNO2. The van der Waals surface area contributed by atoms with Gasteiger partial charge in [0.2, 0.25) is 0 Å². The molecule has 5 heteroatoms. The van der Waals surface area contributed by atoms with E-state index in [0.717, 1.165) is 18.4 Å². The Labute approximate surface area is 114 Å². The van der Waals surface area contributed by atoms with Crippen molar-refractivity contribution in [1.82, 2.24) is 5.32 Å². The first kappa shape index (κ1) is 13.9. The zero-order valence-electron chi connectivity index (χ0n) is 10.1. The molecule has 1 heterocycles. The Hall–Kier alpha value is -0.490. The molecule has 0 bridgehead atoms. The summed E-state index contributed by atoms with van der Waals surface area (Å²) >= 11 is 3.17. The zero-order valence-corrected chi connectivity index (χ0v) is 11.7. The molecule has 0 radical (unpaired) electrons. The minimum Gasteiger partial charge on any atom is -0.394 e. The lowest BCUT2D eigenvalue weighted by molar-refractivity contribution is 0.0111. The van der Waals surface area contributed by atoms with Gasteiger partial charge >= 0.3 is 0 Å². The topological polar surface area (TPSA) is 41.5 Å². The van der Waals surface area contributed by atoms with Crippen LogP contribution in [0.1, 0.15) is 18.4 Å². The fourth-order valence-corrected chi connectivity index (χ4v) is 2.52. The van der Waals surface area contributed by atoms with Crippen LogP contribution in [0.3, 0.4) is 0 Å². The number of aliphatic hydroxyl groups is 1. The molecule has 18 heavy (non-hydrogen) atoms. The molecule has 0 amide bonds. The maximum Gasteiger partial charge on any atom is 0.137 e. The monoisotopic (exact) mass is 317 g/mol. The predicted molar refractivity (Wildman–Crippen MR) is 70.8 cm³/mol. The molecule has 0 aromatic heterocycles. The van der Waals surface area contributed by atoms with Crippen LogP contribution in [-0.4, -0.2) is 30.5 Å². The van der Waals surface area contributed by atoms with Gasteiger partial charge in [0.15, 0.2) is 0 Å². The van der Waals surface area contributed by atoms with Crippen LogP contribution in [0.25, 0.3) is 0 Å². The third kappa shape index (κ3) is 3.29. The summed E-state index contributed by atoms with van der Waals surface area (Å²) in [5, 5.41) is 12.9. The van der Waals surface area contributed by atoms with Crippen molar-refractivity contribution in [3.63, 3.8) is 0 Å². The highest BCUT2D eigenvalue weighted by Crippen LogP contribution is 2.22. The zero-order chi connectivity index (χ0) is 13.0. The first-order valence-corrected chi connectivity index (χ1v) is 6.82. The SMILES string of the molecule is OCC1(NCc2ccc(F)c(Br)c2)CCOCC1. The summed E-state index contributed by atoms with van der Waals surface area (Å²) < 4.78 is 18.9. The van der Waals surface area contributed by atoms with E-state index in [0.29, 0.717) is 24.2 Å². The number of ether oxygens (including phenoxy) is 1. The smallest absolute Gasteiger partial charge is 0.137 e. The number of hydrogen-bond donors (Lipinski definition) is 2. The second-order valence-corrected chi connectivity index (χ2v) is 5.51. The van der Waals surface area contributed by atoms with Gasteiger partial charge in [-0.15, -0.1) is 0 Å². The van der Waals surface area contributed by atoms with Crippen molar-refractivity contribution in [3.8, 4) is 0 Å². The van der Waals surface area contributed by atoms with Crippen LogP contribution in [0, 0.1) is 5.82 Å². The molecule has 1 aliphatic heterocycles. The van der Waals surface area contributed by atoms with E-state index in [4.69, 9.17) is 4.74 Å². The molecule has 1 aromatic rings. The Bertz CT molecular complexity index is 408. The summed E-state index contributed by atoms with van der Waals surface area (Å²) in [6.45, 7) is 2.04. The fraction of sp³-hybridized carbons (Fsp3) is 0.538. The van der Waals surface area contributed by atoms with Gasteiger partial charge in [-0.05, 0) is 46.5 Å². The van der Waals surface area contributed by atoms with E-state index in [-0.39, 0.29) is 18.0 Å². The van der Waals surface area contributed by atoms with Crippen molar-refractivity contribution >= 4 is 15.9 Å². The van der Waals surface area contributed by atoms with E-state index >= 15 is 0 Å². The van der Waals surface area contributed by atoms with Crippen molar-refractivity contribution in [2.75, 3.05) is 19.8 Å². The van der Waals surface area contributed by atoms with Crippen molar-refractivity contribution in [1.29, 1.82) is 0 Å². The lowest BCUT2D eigenvalue weighted by Crippen LogP contribution is -2.51. The molecule has 0 unspecified atom stereocenters. The standard InChI is InChI=1S/C13H17BrFNO2/c14-11-7-10(1-2-12(11)15)8-16-13(9-17)3-5-18-6-4-13/h1-2,7,16-17H,3-6,8-9H2. The number of aliphatic hydroxyl groups excluding tert-OH is 1. The molecule has 0 atom stereocenters. The van der Waals surface area contributed by atoms with Gasteiger partial charge in [0, 0.05) is 25.3 Å². The van der Waals surface area contributed by atoms with E-state index in [2.05, 4.69) is 21.2 Å². The Morgan fingerprint density at radius 2 is 2.11 bits per heavy atom. The Balaban J connectivity index is 1.98. The van der Waals surface area contributed by atoms with E-state index < -0.39 is 0 Å². The molecule has 1 aliphatic rings. The second-order valence-electron chi connectivity index (χ2n) is 4.65. The van der Waals surface area contributed by atoms with Crippen molar-refractivity contribution in [2.24, 2.45) is 0 Å². The minimum absolute atomic E-state index is 0.0960. The van der Waals surface area contributed by atoms with Crippen LogP contribution in [0.15, 0.2) is 22.7 Å². The number of rotatable bonds is 4. The quantitative estimate of drug-likeness (QED) is 0.894. The molecule has 1 fully saturated rings. The Morgan fingerprint density at radius 3 is 2.72 bits per heavy atom.